The Kier molecular flexibility index (Phi) is 10.5. The summed E-state index contributed by atoms with van der Waals surface area (Å²) in [6, 6.07) is 21.5. The second kappa shape index (κ2) is 14.4. The Hall–Kier alpha value is -5.03. The highest BCUT2D eigenvalue weighted by Gasteiger charge is 2.42. The minimum Gasteiger partial charge on any atom is -0.508 e. The molecular weight excluding hydrogens is 564 g/mol. The number of rotatable bonds is 11. The summed E-state index contributed by atoms with van der Waals surface area (Å²) in [5.41, 5.74) is 2.13. The van der Waals surface area contributed by atoms with Crippen LogP contribution in [0.4, 0.5) is 10.5 Å². The lowest BCUT2D eigenvalue weighted by atomic mass is 9.92. The van der Waals surface area contributed by atoms with Crippen molar-refractivity contribution in [2.75, 3.05) is 13.2 Å². The molecule has 0 saturated carbocycles. The van der Waals surface area contributed by atoms with E-state index >= 15 is 0 Å². The maximum absolute atomic E-state index is 13.7. The summed E-state index contributed by atoms with van der Waals surface area (Å²) in [6.45, 7) is 7.93. The highest BCUT2D eigenvalue weighted by atomic mass is 16.6. The van der Waals surface area contributed by atoms with Gasteiger partial charge in [-0.2, -0.15) is 0 Å². The summed E-state index contributed by atoms with van der Waals surface area (Å²) in [6.07, 6.45) is -1.28. The third-order valence-corrected chi connectivity index (χ3v) is 6.99. The average molecular weight is 601 g/mol. The van der Waals surface area contributed by atoms with E-state index in [1.54, 1.807) is 52.0 Å². The number of nitrogens with zero attached hydrogens (tertiary/aromatic N) is 4. The number of hydrogen-bond acceptors (Lipinski definition) is 9. The normalized spacial score (nSPS) is 14.9. The molecule has 4 rings (SSSR count). The van der Waals surface area contributed by atoms with Crippen LogP contribution in [0.15, 0.2) is 95.1 Å². The molecule has 1 unspecified atom stereocenters. The van der Waals surface area contributed by atoms with Gasteiger partial charge in [-0.25, -0.2) is 14.6 Å². The fourth-order valence-corrected chi connectivity index (χ4v) is 5.12. The van der Waals surface area contributed by atoms with Crippen molar-refractivity contribution in [1.29, 1.82) is 0 Å². The number of carbonyl (C=O) groups excluding carboxylic acids is 2. The van der Waals surface area contributed by atoms with E-state index in [1.807, 2.05) is 36.4 Å². The van der Waals surface area contributed by atoms with Gasteiger partial charge in [0.1, 0.15) is 24.2 Å². The Morgan fingerprint density at radius 2 is 1.66 bits per heavy atom. The summed E-state index contributed by atoms with van der Waals surface area (Å²) < 4.78 is 11.2. The van der Waals surface area contributed by atoms with Crippen LogP contribution in [0.3, 0.4) is 0 Å². The van der Waals surface area contributed by atoms with Gasteiger partial charge in [0, 0.05) is 25.7 Å². The molecule has 1 amide bonds. The van der Waals surface area contributed by atoms with E-state index in [0.717, 1.165) is 11.1 Å². The van der Waals surface area contributed by atoms with E-state index < -0.39 is 29.1 Å². The van der Waals surface area contributed by atoms with E-state index in [0.29, 0.717) is 25.3 Å². The lowest BCUT2D eigenvalue weighted by Crippen LogP contribution is -2.44. The number of benzene rings is 3. The Morgan fingerprint density at radius 1 is 1.00 bits per heavy atom. The zero-order chi connectivity index (χ0) is 31.8. The number of phenolic OH excluding ortho intramolecular Hbond substituents is 1. The number of amides is 1. The molecule has 1 aliphatic heterocycles. The van der Waals surface area contributed by atoms with Gasteiger partial charge in [0.2, 0.25) is 0 Å². The predicted octanol–water partition coefficient (Wildman–Crippen LogP) is 6.14. The van der Waals surface area contributed by atoms with Crippen LogP contribution in [-0.4, -0.2) is 57.0 Å². The fraction of sp³-hybridized carbons (Fsp3) is 0.303. The number of aliphatic imine (C=N–C) groups is 1. The van der Waals surface area contributed by atoms with Crippen molar-refractivity contribution in [2.24, 2.45) is 4.99 Å². The van der Waals surface area contributed by atoms with Crippen LogP contribution in [0.25, 0.3) is 0 Å². The molecule has 44 heavy (non-hydrogen) atoms. The third-order valence-electron chi connectivity index (χ3n) is 6.99. The number of hydrogen-bond donors (Lipinski definition) is 1. The van der Waals surface area contributed by atoms with Crippen molar-refractivity contribution >= 4 is 23.6 Å². The second-order valence-electron chi connectivity index (χ2n) is 10.7. The molecule has 1 N–H and O–H groups in total. The number of esters is 1. The van der Waals surface area contributed by atoms with Gasteiger partial charge >= 0.3 is 12.1 Å². The Labute approximate surface area is 256 Å². The smallest absolute Gasteiger partial charge is 0.416 e. The minimum atomic E-state index is -1.19. The van der Waals surface area contributed by atoms with Gasteiger partial charge in [0.15, 0.2) is 0 Å². The second-order valence-corrected chi connectivity index (χ2v) is 10.7. The molecule has 0 spiro atoms. The largest absolute Gasteiger partial charge is 0.508 e. The number of carbonyl (C=O) groups is 2. The molecule has 3 aromatic carbocycles. The molecule has 1 heterocycles. The minimum absolute atomic E-state index is 0.0186. The number of allylic oxidation sites excluding steroid dienone is 1. The van der Waals surface area contributed by atoms with Crippen molar-refractivity contribution in [3.05, 3.63) is 117 Å². The van der Waals surface area contributed by atoms with Crippen molar-refractivity contribution in [3.8, 4) is 5.75 Å². The zero-order valence-electron chi connectivity index (χ0n) is 25.2. The molecule has 11 nitrogen and oxygen atoms in total. The van der Waals surface area contributed by atoms with Gasteiger partial charge in [-0.3, -0.25) is 19.9 Å². The van der Waals surface area contributed by atoms with E-state index in [9.17, 15) is 24.8 Å². The van der Waals surface area contributed by atoms with E-state index in [-0.39, 0.29) is 35.0 Å². The van der Waals surface area contributed by atoms with Crippen LogP contribution in [0, 0.1) is 10.1 Å². The maximum atomic E-state index is 13.7. The third kappa shape index (κ3) is 7.87. The first kappa shape index (κ1) is 31.9. The van der Waals surface area contributed by atoms with E-state index in [1.165, 1.54) is 23.1 Å². The Balaban J connectivity index is 1.60. The van der Waals surface area contributed by atoms with Crippen LogP contribution >= 0.6 is 0 Å². The zero-order valence-corrected chi connectivity index (χ0v) is 25.2. The summed E-state index contributed by atoms with van der Waals surface area (Å²) in [5, 5.41) is 22.0. The van der Waals surface area contributed by atoms with Crippen LogP contribution in [-0.2, 0) is 27.4 Å². The van der Waals surface area contributed by atoms with Crippen molar-refractivity contribution in [2.45, 2.75) is 52.9 Å². The molecule has 0 bridgehead atoms. The SMILES string of the molecule is CC1=NC(C)=C(C(=O)OC(C)C)C(c2ccccc2[N+](=O)[O-])N1C(=O)OCCN(Cc1ccccc1)Cc1cccc(O)c1. The average Bonchev–Trinajstić information content (AvgIpc) is 2.96. The van der Waals surface area contributed by atoms with Crippen LogP contribution in [0.2, 0.25) is 0 Å². The maximum Gasteiger partial charge on any atom is 0.416 e. The molecule has 1 aliphatic rings. The van der Waals surface area contributed by atoms with Crippen molar-refractivity contribution < 1.29 is 29.1 Å². The lowest BCUT2D eigenvalue weighted by molar-refractivity contribution is -0.385. The highest BCUT2D eigenvalue weighted by molar-refractivity contribution is 6.01. The van der Waals surface area contributed by atoms with E-state index in [4.69, 9.17) is 9.47 Å². The van der Waals surface area contributed by atoms with Gasteiger partial charge < -0.3 is 14.6 Å². The first-order valence-electron chi connectivity index (χ1n) is 14.3. The fourth-order valence-electron chi connectivity index (χ4n) is 5.12. The summed E-state index contributed by atoms with van der Waals surface area (Å²) in [5.74, 6) is -0.350. The molecule has 1 atom stereocenters. The molecule has 11 heteroatoms. The van der Waals surface area contributed by atoms with Gasteiger partial charge in [-0.1, -0.05) is 54.6 Å². The van der Waals surface area contributed by atoms with Gasteiger partial charge in [-0.15, -0.1) is 0 Å². The topological polar surface area (TPSA) is 135 Å². The van der Waals surface area contributed by atoms with Crippen molar-refractivity contribution in [1.82, 2.24) is 9.80 Å². The first-order valence-corrected chi connectivity index (χ1v) is 14.3. The van der Waals surface area contributed by atoms with Crippen LogP contribution in [0.5, 0.6) is 5.75 Å². The predicted molar refractivity (Wildman–Crippen MR) is 165 cm³/mol. The number of phenols is 1. The highest BCUT2D eigenvalue weighted by Crippen LogP contribution is 2.40. The molecule has 3 aromatic rings. The lowest BCUT2D eigenvalue weighted by Gasteiger charge is -2.35. The molecule has 0 aliphatic carbocycles. The van der Waals surface area contributed by atoms with Gasteiger partial charge in [-0.05, 0) is 57.0 Å². The monoisotopic (exact) mass is 600 g/mol. The summed E-state index contributed by atoms with van der Waals surface area (Å²) in [7, 11) is 0. The Bertz CT molecular complexity index is 1570. The number of ether oxygens (including phenoxy) is 2. The van der Waals surface area contributed by atoms with Gasteiger partial charge in [0.05, 0.1) is 27.9 Å². The molecule has 0 aromatic heterocycles. The molecule has 0 fully saturated rings. The van der Waals surface area contributed by atoms with Crippen LogP contribution < -0.4 is 0 Å². The summed E-state index contributed by atoms with van der Waals surface area (Å²) >= 11 is 0. The molecule has 230 valence electrons. The number of amidine groups is 1. The van der Waals surface area contributed by atoms with Crippen LogP contribution in [0.1, 0.15) is 50.4 Å². The standard InChI is InChI=1S/C33H36N4O7/c1-22(2)44-32(39)30-23(3)34-24(4)36(31(30)28-15-8-9-16-29(28)37(41)42)33(40)43-18-17-35(20-25-11-6-5-7-12-25)21-26-13-10-14-27(38)19-26/h5-16,19,22,31,38H,17-18,20-21H2,1-4H3. The quantitative estimate of drug-likeness (QED) is 0.158. The van der Waals surface area contributed by atoms with Crippen molar-refractivity contribution in [3.63, 3.8) is 0 Å². The molecule has 0 saturated heterocycles. The first-order chi connectivity index (χ1) is 21.0. The number of nitro benzene ring substituents is 1. The Morgan fingerprint density at radius 3 is 2.34 bits per heavy atom. The molecular formula is C33H36N4O7. The summed E-state index contributed by atoms with van der Waals surface area (Å²) in [4.78, 5) is 46.2. The molecule has 0 radical (unpaired) electrons. The number of para-hydroxylation sites is 1. The van der Waals surface area contributed by atoms with Gasteiger partial charge in [0.25, 0.3) is 5.69 Å². The number of aromatic hydroxyl groups is 1. The number of nitro groups is 1. The van der Waals surface area contributed by atoms with E-state index in [2.05, 4.69) is 9.89 Å².